The molecule has 1 radical (unpaired) electrons. The molecule has 2 bridgehead atoms. The predicted molar refractivity (Wildman–Crippen MR) is 254 cm³/mol. The van der Waals surface area contributed by atoms with Crippen LogP contribution in [0.5, 0.6) is 11.5 Å². The van der Waals surface area contributed by atoms with Gasteiger partial charge in [0.25, 0.3) is 0 Å². The second-order valence-electron chi connectivity index (χ2n) is 18.7. The van der Waals surface area contributed by atoms with Gasteiger partial charge in [0.15, 0.2) is 0 Å². The number of hydrogen-bond acceptors (Lipinski definition) is 6. The summed E-state index contributed by atoms with van der Waals surface area (Å²) in [6.45, 7) is 40.4. The number of fused-ring (bicyclic) bond motifs is 3. The van der Waals surface area contributed by atoms with Gasteiger partial charge in [-0.15, -0.1) is 0 Å². The van der Waals surface area contributed by atoms with Gasteiger partial charge < -0.3 is 28.7 Å². The molecular formula is C44H89B6O6. The Morgan fingerprint density at radius 1 is 0.643 bits per heavy atom. The summed E-state index contributed by atoms with van der Waals surface area (Å²) in [6.07, 6.45) is 16.5. The Hall–Kier alpha value is -0.950. The minimum atomic E-state index is -1.17. The highest BCUT2D eigenvalue weighted by Crippen LogP contribution is 2.46. The molecule has 1 aromatic rings. The van der Waals surface area contributed by atoms with Crippen LogP contribution in [0.2, 0.25) is 70.0 Å². The van der Waals surface area contributed by atoms with E-state index in [4.69, 9.17) is 28.7 Å². The van der Waals surface area contributed by atoms with Crippen LogP contribution in [0.4, 0.5) is 0 Å². The molecule has 0 amide bonds. The van der Waals surface area contributed by atoms with Crippen molar-refractivity contribution in [2.45, 2.75) is 235 Å². The fraction of sp³-hybridized carbons (Fsp3) is 0.864. The highest BCUT2D eigenvalue weighted by atomic mass is 16.7. The maximum Gasteiger partial charge on any atom is 0.591 e. The topological polar surface area (TPSA) is 77.4 Å². The van der Waals surface area contributed by atoms with E-state index in [9.17, 15) is 0 Å². The molecule has 4 heterocycles. The third kappa shape index (κ3) is 20.8. The van der Waals surface area contributed by atoms with E-state index in [0.717, 1.165) is 65.8 Å². The molecule has 2 atom stereocenters. The average molecular weight is 779 g/mol. The number of rotatable bonds is 5. The van der Waals surface area contributed by atoms with Crippen molar-refractivity contribution in [3.63, 3.8) is 0 Å². The Morgan fingerprint density at radius 2 is 1.00 bits per heavy atom. The third-order valence-corrected chi connectivity index (χ3v) is 13.5. The molecule has 319 valence electrons. The zero-order chi connectivity index (χ0) is 43.2. The Kier molecular flexibility index (Phi) is 28.0. The summed E-state index contributed by atoms with van der Waals surface area (Å²) >= 11 is 0. The van der Waals surface area contributed by atoms with E-state index >= 15 is 0 Å². The fourth-order valence-electron chi connectivity index (χ4n) is 8.33. The van der Waals surface area contributed by atoms with Gasteiger partial charge in [0.2, 0.25) is 0 Å². The Bertz CT molecular complexity index is 1040. The largest absolute Gasteiger partial charge is 0.591 e. The van der Waals surface area contributed by atoms with Crippen LogP contribution in [0.15, 0.2) is 24.3 Å². The first-order chi connectivity index (χ1) is 26.1. The van der Waals surface area contributed by atoms with Gasteiger partial charge in [-0.1, -0.05) is 200 Å². The maximum absolute atomic E-state index is 7.61. The molecule has 6 rings (SSSR count). The van der Waals surface area contributed by atoms with Crippen molar-refractivity contribution in [3.8, 4) is 11.5 Å². The lowest BCUT2D eigenvalue weighted by Gasteiger charge is -2.38. The smallest absolute Gasteiger partial charge is 0.523 e. The lowest BCUT2D eigenvalue weighted by atomic mass is 9.29. The third-order valence-electron chi connectivity index (χ3n) is 13.5. The monoisotopic (exact) mass is 780 g/mol. The molecule has 2 unspecified atom stereocenters. The fourth-order valence-corrected chi connectivity index (χ4v) is 8.33. The summed E-state index contributed by atoms with van der Waals surface area (Å²) in [4.78, 5) is 0. The van der Waals surface area contributed by atoms with Gasteiger partial charge >= 0.3 is 21.4 Å². The molecule has 3 saturated heterocycles. The highest BCUT2D eigenvalue weighted by Gasteiger charge is 2.48. The van der Waals surface area contributed by atoms with Crippen LogP contribution in [0.3, 0.4) is 0 Å². The normalized spacial score (nSPS) is 22.3. The lowest BCUT2D eigenvalue weighted by molar-refractivity contribution is 0.00578. The molecule has 1 saturated carbocycles. The van der Waals surface area contributed by atoms with Crippen LogP contribution >= 0.6 is 0 Å². The second kappa shape index (κ2) is 28.5. The molecule has 1 aromatic carbocycles. The van der Waals surface area contributed by atoms with Gasteiger partial charge in [0.1, 0.15) is 32.2 Å². The minimum absolute atomic E-state index is 0.0648. The van der Waals surface area contributed by atoms with E-state index in [1.54, 1.807) is 0 Å². The van der Waals surface area contributed by atoms with Crippen molar-refractivity contribution in [1.82, 2.24) is 0 Å². The standard InChI is InChI=1S/C11H25B.C9H17B.C7H7BO2.C7H15BO2.C7H14B.C2H6.CH5BO2/c1-8(2)10(5)12(7)11(6)9(3)4;1-10-8-4-2-5-9(10)7-3-6-8;1-8-9-6-4-2-3-5-7(6)10-8;1-6(2)7(3,4)10-8(5)9-6;1-8-7-5-3-2-4-6-7;1-2;1-2(3)4/h8-11H,1-7H3;8-9H,2-7H2,1H3;2-5H,1H3;1-5H3;7H,2-6H2,1H3;1-2H3;3-4H,1H3. The van der Waals surface area contributed by atoms with Gasteiger partial charge in [-0.25, -0.2) is 0 Å². The predicted octanol–water partition coefficient (Wildman–Crippen LogP) is 13.3. The maximum atomic E-state index is 7.61. The summed E-state index contributed by atoms with van der Waals surface area (Å²) in [5, 5.41) is 15.2. The number of hydrogen-bond donors (Lipinski definition) is 2. The Labute approximate surface area is 352 Å². The van der Waals surface area contributed by atoms with Crippen LogP contribution in [0, 0.1) is 11.8 Å². The van der Waals surface area contributed by atoms with E-state index in [0.29, 0.717) is 0 Å². The molecule has 6 nitrogen and oxygen atoms in total. The lowest BCUT2D eigenvalue weighted by Crippen LogP contribution is -2.41. The second-order valence-corrected chi connectivity index (χ2v) is 18.7. The summed E-state index contributed by atoms with van der Waals surface area (Å²) in [6, 6.07) is 7.66. The van der Waals surface area contributed by atoms with Crippen molar-refractivity contribution in [2.75, 3.05) is 0 Å². The molecule has 12 heteroatoms. The van der Waals surface area contributed by atoms with Crippen LogP contribution in [0.25, 0.3) is 0 Å². The SMILES string of the molecule is CB(C(C)C(C)C)C(C)C(C)C.CB(O)O.CB1C2CCCC1CCC2.CB1OC(C)(C)C(C)(C)O1.CB1Oc2ccccc2O1.CC.C[B]C1CCCCC1. The van der Waals surface area contributed by atoms with Gasteiger partial charge in [-0.05, 0) is 60.3 Å². The first kappa shape index (κ1) is 55.0. The molecule has 4 aliphatic heterocycles. The quantitative estimate of drug-likeness (QED) is 0.290. The highest BCUT2D eigenvalue weighted by molar-refractivity contribution is 6.61. The Morgan fingerprint density at radius 3 is 1.25 bits per heavy atom. The van der Waals surface area contributed by atoms with Gasteiger partial charge in [0.05, 0.1) is 11.2 Å². The van der Waals surface area contributed by atoms with Crippen LogP contribution in [0.1, 0.15) is 154 Å². The van der Waals surface area contributed by atoms with Crippen molar-refractivity contribution >= 4 is 42.1 Å². The summed E-state index contributed by atoms with van der Waals surface area (Å²) < 4.78 is 21.7. The van der Waals surface area contributed by atoms with E-state index in [1.807, 2.05) is 51.8 Å². The van der Waals surface area contributed by atoms with Crippen molar-refractivity contribution in [2.24, 2.45) is 11.8 Å². The molecule has 0 aromatic heterocycles. The van der Waals surface area contributed by atoms with Gasteiger partial charge in [-0.2, -0.15) is 0 Å². The van der Waals surface area contributed by atoms with Crippen molar-refractivity contribution in [3.05, 3.63) is 24.3 Å². The summed E-state index contributed by atoms with van der Waals surface area (Å²) in [7, 11) is 1.00. The minimum Gasteiger partial charge on any atom is -0.523 e. The van der Waals surface area contributed by atoms with Crippen LogP contribution in [-0.4, -0.2) is 63.3 Å². The van der Waals surface area contributed by atoms with Crippen molar-refractivity contribution < 1.29 is 28.7 Å². The Balaban J connectivity index is 0.000000654. The van der Waals surface area contributed by atoms with E-state index in [-0.39, 0.29) is 25.4 Å². The summed E-state index contributed by atoms with van der Waals surface area (Å²) in [5.41, 5.74) is -0.321. The molecule has 4 fully saturated rings. The first-order valence-electron chi connectivity index (χ1n) is 23.1. The van der Waals surface area contributed by atoms with Gasteiger partial charge in [0, 0.05) is 0 Å². The number of benzene rings is 1. The van der Waals surface area contributed by atoms with E-state index in [2.05, 4.69) is 97.0 Å². The van der Waals surface area contributed by atoms with Gasteiger partial charge in [-0.3, -0.25) is 0 Å². The molecule has 0 spiro atoms. The molecule has 56 heavy (non-hydrogen) atoms. The first-order valence-corrected chi connectivity index (χ1v) is 23.1. The average Bonchev–Trinajstić information content (AvgIpc) is 3.60. The molecule has 5 aliphatic rings. The molecule has 2 N–H and O–H groups in total. The van der Waals surface area contributed by atoms with E-state index in [1.165, 1.54) is 77.5 Å². The van der Waals surface area contributed by atoms with Crippen molar-refractivity contribution in [1.29, 1.82) is 0 Å². The zero-order valence-corrected chi connectivity index (χ0v) is 40.1. The zero-order valence-electron chi connectivity index (χ0n) is 40.1. The van der Waals surface area contributed by atoms with Crippen LogP contribution < -0.4 is 9.31 Å². The van der Waals surface area contributed by atoms with Crippen LogP contribution in [-0.2, 0) is 9.31 Å². The summed E-state index contributed by atoms with van der Waals surface area (Å²) in [5.74, 6) is 8.22. The molecular weight excluding hydrogens is 689 g/mol. The molecule has 1 aliphatic carbocycles. The number of para-hydroxylation sites is 2. The van der Waals surface area contributed by atoms with E-state index < -0.39 is 7.12 Å².